The summed E-state index contributed by atoms with van der Waals surface area (Å²) >= 11 is 0. The predicted octanol–water partition coefficient (Wildman–Crippen LogP) is 2.90. The molecule has 1 aromatic rings. The number of nitro groups is 1. The van der Waals surface area contributed by atoms with Crippen molar-refractivity contribution in [2.45, 2.75) is 40.2 Å². The van der Waals surface area contributed by atoms with E-state index in [0.29, 0.717) is 24.5 Å². The molecule has 4 N–H and O–H groups in total. The molecule has 0 saturated carbocycles. The van der Waals surface area contributed by atoms with Crippen LogP contribution in [-0.4, -0.2) is 43.1 Å². The van der Waals surface area contributed by atoms with Crippen LogP contribution in [0.3, 0.4) is 0 Å². The second-order valence-electron chi connectivity index (χ2n) is 6.67. The maximum Gasteiger partial charge on any atom is 0.315 e. The fourth-order valence-corrected chi connectivity index (χ4v) is 2.28. The Balaban J connectivity index is 0.00000326. The molecule has 0 spiro atoms. The number of nitrogens with two attached hydrogens (primary N) is 1. The van der Waals surface area contributed by atoms with Crippen molar-refractivity contribution in [3.63, 3.8) is 0 Å². The normalized spacial score (nSPS) is 10.8. The van der Waals surface area contributed by atoms with Gasteiger partial charge >= 0.3 is 5.69 Å². The Morgan fingerprint density at radius 1 is 1.30 bits per heavy atom. The molecule has 0 radical (unpaired) electrons. The summed E-state index contributed by atoms with van der Waals surface area (Å²) in [6.45, 7) is 10.5. The Labute approximate surface area is 162 Å². The number of rotatable bonds is 8. The van der Waals surface area contributed by atoms with Gasteiger partial charge in [0.1, 0.15) is 11.4 Å². The van der Waals surface area contributed by atoms with Crippen LogP contribution in [0.4, 0.5) is 17.1 Å². The smallest absolute Gasteiger partial charge is 0.315 e. The highest BCUT2D eigenvalue weighted by atomic mass is 16.6. The number of carbonyl (C=O) groups excluding carboxylic acids is 1. The van der Waals surface area contributed by atoms with Crippen LogP contribution in [-0.2, 0) is 4.79 Å². The van der Waals surface area contributed by atoms with Crippen LogP contribution >= 0.6 is 0 Å². The topological polar surface area (TPSA) is 114 Å². The minimum Gasteiger partial charge on any atom is -0.376 e. The van der Waals surface area contributed by atoms with E-state index in [1.807, 2.05) is 34.6 Å². The van der Waals surface area contributed by atoms with Crippen molar-refractivity contribution < 1.29 is 9.72 Å². The van der Waals surface area contributed by atoms with E-state index in [0.717, 1.165) is 0 Å². The second-order valence-corrected chi connectivity index (χ2v) is 6.67. The minimum absolute atomic E-state index is 0.0225. The third-order valence-corrected chi connectivity index (χ3v) is 3.22. The molecule has 8 heteroatoms. The molecule has 1 aromatic carbocycles. The summed E-state index contributed by atoms with van der Waals surface area (Å²) in [6, 6.07) is 4.99. The summed E-state index contributed by atoms with van der Waals surface area (Å²) in [4.78, 5) is 24.8. The Kier molecular flexibility index (Phi) is 10.7. The van der Waals surface area contributed by atoms with Crippen molar-refractivity contribution in [3.05, 3.63) is 40.5 Å². The first-order valence-corrected chi connectivity index (χ1v) is 9.04. The van der Waals surface area contributed by atoms with Crippen molar-refractivity contribution in [1.82, 2.24) is 5.32 Å². The van der Waals surface area contributed by atoms with Crippen molar-refractivity contribution >= 4 is 23.0 Å². The van der Waals surface area contributed by atoms with Crippen LogP contribution in [0.15, 0.2) is 30.4 Å². The number of nitrogens with zero attached hydrogens (tertiary/aromatic N) is 2. The highest BCUT2D eigenvalue weighted by Gasteiger charge is 2.24. The molecule has 1 amide bonds. The van der Waals surface area contributed by atoms with Crippen molar-refractivity contribution in [2.75, 3.05) is 36.9 Å². The maximum absolute atomic E-state index is 12.1. The minimum atomic E-state index is -0.442. The molecule has 0 unspecified atom stereocenters. The summed E-state index contributed by atoms with van der Waals surface area (Å²) in [5.41, 5.74) is 5.73. The van der Waals surface area contributed by atoms with Crippen LogP contribution < -0.4 is 21.3 Å². The van der Waals surface area contributed by atoms with E-state index in [9.17, 15) is 14.9 Å². The molecule has 0 atom stereocenters. The van der Waals surface area contributed by atoms with Gasteiger partial charge in [-0.05, 0) is 32.9 Å². The zero-order chi connectivity index (χ0) is 21.0. The molecule has 0 saturated heterocycles. The van der Waals surface area contributed by atoms with Crippen LogP contribution in [0.1, 0.15) is 34.6 Å². The zero-order valence-corrected chi connectivity index (χ0v) is 17.2. The summed E-state index contributed by atoms with van der Waals surface area (Å²) in [6.07, 6.45) is 3.57. The first-order chi connectivity index (χ1) is 12.7. The molecule has 0 aliphatic heterocycles. The Bertz CT molecular complexity index is 639. The Hall–Kier alpha value is -2.61. The molecule has 0 bridgehead atoms. The molecule has 0 fully saturated rings. The molecule has 152 valence electrons. The lowest BCUT2D eigenvalue weighted by Gasteiger charge is -2.24. The number of nitro benzene ring substituents is 1. The van der Waals surface area contributed by atoms with Crippen molar-refractivity contribution in [2.24, 2.45) is 5.73 Å². The van der Waals surface area contributed by atoms with E-state index >= 15 is 0 Å². The molecule has 0 aromatic heterocycles. The number of benzene rings is 1. The summed E-state index contributed by atoms with van der Waals surface area (Å²) in [5.74, 6) is -0.200. The molecule has 1 rings (SSSR count). The van der Waals surface area contributed by atoms with E-state index in [-0.39, 0.29) is 23.7 Å². The average Bonchev–Trinajstić information content (AvgIpc) is 2.58. The van der Waals surface area contributed by atoms with Gasteiger partial charge in [-0.3, -0.25) is 14.9 Å². The number of carbonyl (C=O) groups is 1. The molecule has 8 nitrogen and oxygen atoms in total. The van der Waals surface area contributed by atoms with Gasteiger partial charge in [0.05, 0.1) is 11.5 Å². The van der Waals surface area contributed by atoms with Gasteiger partial charge in [-0.2, -0.15) is 0 Å². The number of para-hydroxylation sites is 1. The van der Waals surface area contributed by atoms with E-state index in [4.69, 9.17) is 5.73 Å². The first-order valence-electron chi connectivity index (χ1n) is 9.04. The Morgan fingerprint density at radius 3 is 2.44 bits per heavy atom. The SMILES string of the molecule is CC.CN(CC(=O)NC(C)(C)C)c1cccc(NC/C=C/CN)c1[N+](=O)[O-]. The number of nitrogens with one attached hydrogen (secondary N) is 2. The number of anilines is 2. The Morgan fingerprint density at radius 2 is 1.93 bits per heavy atom. The third-order valence-electron chi connectivity index (χ3n) is 3.22. The number of likely N-dealkylation sites (N-methyl/N-ethyl adjacent to an activating group) is 1. The van der Waals surface area contributed by atoms with E-state index in [2.05, 4.69) is 10.6 Å². The molecular weight excluding hydrogens is 346 g/mol. The summed E-state index contributed by atoms with van der Waals surface area (Å²) in [5, 5.41) is 17.4. The monoisotopic (exact) mass is 379 g/mol. The van der Waals surface area contributed by atoms with Gasteiger partial charge in [0.15, 0.2) is 0 Å². The fraction of sp³-hybridized carbons (Fsp3) is 0.526. The molecule has 0 heterocycles. The van der Waals surface area contributed by atoms with Crippen LogP contribution in [0.2, 0.25) is 0 Å². The van der Waals surface area contributed by atoms with Gasteiger partial charge in [0.25, 0.3) is 0 Å². The summed E-state index contributed by atoms with van der Waals surface area (Å²) in [7, 11) is 1.66. The van der Waals surface area contributed by atoms with Gasteiger partial charge in [-0.25, -0.2) is 0 Å². The lowest BCUT2D eigenvalue weighted by atomic mass is 10.1. The van der Waals surface area contributed by atoms with Crippen molar-refractivity contribution in [1.29, 1.82) is 0 Å². The number of hydrogen-bond acceptors (Lipinski definition) is 6. The predicted molar refractivity (Wildman–Crippen MR) is 112 cm³/mol. The van der Waals surface area contributed by atoms with Gasteiger partial charge < -0.3 is 21.3 Å². The number of amides is 1. The van der Waals surface area contributed by atoms with Gasteiger partial charge in [-0.15, -0.1) is 0 Å². The van der Waals surface area contributed by atoms with Crippen LogP contribution in [0.25, 0.3) is 0 Å². The fourth-order valence-electron chi connectivity index (χ4n) is 2.28. The second kappa shape index (κ2) is 11.9. The average molecular weight is 380 g/mol. The molecular formula is C19H33N5O3. The molecule has 0 aliphatic rings. The van der Waals surface area contributed by atoms with E-state index in [1.165, 1.54) is 0 Å². The highest BCUT2D eigenvalue weighted by Crippen LogP contribution is 2.34. The largest absolute Gasteiger partial charge is 0.376 e. The highest BCUT2D eigenvalue weighted by molar-refractivity contribution is 5.85. The molecule has 0 aliphatic carbocycles. The van der Waals surface area contributed by atoms with Crippen LogP contribution in [0.5, 0.6) is 0 Å². The van der Waals surface area contributed by atoms with Gasteiger partial charge in [-0.1, -0.05) is 32.1 Å². The lowest BCUT2D eigenvalue weighted by molar-refractivity contribution is -0.383. The van der Waals surface area contributed by atoms with Gasteiger partial charge in [0.2, 0.25) is 5.91 Å². The van der Waals surface area contributed by atoms with Crippen molar-refractivity contribution in [3.8, 4) is 0 Å². The standard InChI is InChI=1S/C17H27N5O3.C2H6/c1-17(2,3)20-15(23)12-21(4)14-9-7-8-13(16(14)22(24)25)19-11-6-5-10-18;1-2/h5-9,19H,10-12,18H2,1-4H3,(H,20,23);1-2H3/b6-5+;. The van der Waals surface area contributed by atoms with Crippen LogP contribution in [0, 0.1) is 10.1 Å². The zero-order valence-electron chi connectivity index (χ0n) is 17.2. The third kappa shape index (κ3) is 9.05. The molecule has 27 heavy (non-hydrogen) atoms. The van der Waals surface area contributed by atoms with E-state index < -0.39 is 4.92 Å². The number of hydrogen-bond donors (Lipinski definition) is 3. The first kappa shape index (κ1) is 24.4. The lowest BCUT2D eigenvalue weighted by Crippen LogP contribution is -2.45. The quantitative estimate of drug-likeness (QED) is 0.364. The summed E-state index contributed by atoms with van der Waals surface area (Å²) < 4.78 is 0. The van der Waals surface area contributed by atoms with Gasteiger partial charge in [0, 0.05) is 25.7 Å². The maximum atomic E-state index is 12.1. The van der Waals surface area contributed by atoms with E-state index in [1.54, 1.807) is 42.3 Å².